The zero-order valence-electron chi connectivity index (χ0n) is 10.1. The fourth-order valence-corrected chi connectivity index (χ4v) is 1.85. The Labute approximate surface area is 101 Å². The van der Waals surface area contributed by atoms with E-state index >= 15 is 0 Å². The molecule has 2 rings (SSSR count). The number of carbonyl (C=O) groups is 1. The second kappa shape index (κ2) is 4.87. The summed E-state index contributed by atoms with van der Waals surface area (Å²) in [6.45, 7) is 4.65. The minimum atomic E-state index is 0.00287. The van der Waals surface area contributed by atoms with E-state index < -0.39 is 0 Å². The number of hydrogen-bond donors (Lipinski definition) is 1. The molecule has 88 valence electrons. The van der Waals surface area contributed by atoms with E-state index in [2.05, 4.69) is 4.98 Å². The third-order valence-electron chi connectivity index (χ3n) is 2.70. The van der Waals surface area contributed by atoms with Crippen LogP contribution < -0.4 is 4.90 Å². The van der Waals surface area contributed by atoms with E-state index in [1.165, 1.54) is 0 Å². The summed E-state index contributed by atoms with van der Waals surface area (Å²) in [6.07, 6.45) is 1.76. The van der Waals surface area contributed by atoms with Gasteiger partial charge in [-0.25, -0.2) is 0 Å². The maximum atomic E-state index is 12.2. The van der Waals surface area contributed by atoms with Gasteiger partial charge in [0.05, 0.1) is 0 Å². The standard InChI is InChI=1S/C14H16N2O/c1-3-16(12-7-4-6-11(2)10-12)14(17)13-8-5-9-15-13/h4-10,15H,3H2,1-2H3. The molecular weight excluding hydrogens is 212 g/mol. The van der Waals surface area contributed by atoms with Gasteiger partial charge in [-0.3, -0.25) is 4.79 Å². The Morgan fingerprint density at radius 1 is 1.29 bits per heavy atom. The van der Waals surface area contributed by atoms with Crippen molar-refractivity contribution in [1.29, 1.82) is 0 Å². The lowest BCUT2D eigenvalue weighted by Crippen LogP contribution is -2.30. The number of aryl methyl sites for hydroxylation is 1. The number of benzene rings is 1. The van der Waals surface area contributed by atoms with E-state index in [4.69, 9.17) is 0 Å². The van der Waals surface area contributed by atoms with Crippen molar-refractivity contribution in [3.63, 3.8) is 0 Å². The molecule has 0 unspecified atom stereocenters. The van der Waals surface area contributed by atoms with Crippen molar-refractivity contribution in [1.82, 2.24) is 4.98 Å². The molecule has 3 heteroatoms. The number of nitrogens with zero attached hydrogens (tertiary/aromatic N) is 1. The Kier molecular flexibility index (Phi) is 3.28. The number of anilines is 1. The molecule has 0 spiro atoms. The van der Waals surface area contributed by atoms with Gasteiger partial charge >= 0.3 is 0 Å². The van der Waals surface area contributed by atoms with E-state index in [1.807, 2.05) is 44.2 Å². The number of aromatic amines is 1. The van der Waals surface area contributed by atoms with Gasteiger partial charge in [-0.2, -0.15) is 0 Å². The summed E-state index contributed by atoms with van der Waals surface area (Å²) in [5, 5.41) is 0. The van der Waals surface area contributed by atoms with E-state index in [0.29, 0.717) is 12.2 Å². The maximum Gasteiger partial charge on any atom is 0.274 e. The molecule has 1 heterocycles. The lowest BCUT2D eigenvalue weighted by Gasteiger charge is -2.20. The fraction of sp³-hybridized carbons (Fsp3) is 0.214. The Bertz CT molecular complexity index is 503. The Hall–Kier alpha value is -2.03. The van der Waals surface area contributed by atoms with Gasteiger partial charge < -0.3 is 9.88 Å². The fourth-order valence-electron chi connectivity index (χ4n) is 1.85. The van der Waals surface area contributed by atoms with Crippen LogP contribution in [0.15, 0.2) is 42.6 Å². The third kappa shape index (κ3) is 2.38. The van der Waals surface area contributed by atoms with Crippen molar-refractivity contribution in [3.8, 4) is 0 Å². The number of hydrogen-bond acceptors (Lipinski definition) is 1. The molecule has 0 bridgehead atoms. The molecule has 0 radical (unpaired) electrons. The van der Waals surface area contributed by atoms with Gasteiger partial charge in [0, 0.05) is 18.4 Å². The summed E-state index contributed by atoms with van der Waals surface area (Å²) in [6, 6.07) is 11.6. The number of nitrogens with one attached hydrogen (secondary N) is 1. The molecule has 0 aliphatic carbocycles. The van der Waals surface area contributed by atoms with Crippen LogP contribution in [0.1, 0.15) is 23.0 Å². The van der Waals surface area contributed by atoms with E-state index in [9.17, 15) is 4.79 Å². The molecule has 0 aliphatic rings. The first kappa shape index (κ1) is 11.5. The van der Waals surface area contributed by atoms with Gasteiger partial charge in [0.25, 0.3) is 5.91 Å². The third-order valence-corrected chi connectivity index (χ3v) is 2.70. The van der Waals surface area contributed by atoms with Gasteiger partial charge in [0.1, 0.15) is 5.69 Å². The molecule has 0 aliphatic heterocycles. The molecule has 0 fully saturated rings. The Morgan fingerprint density at radius 3 is 2.71 bits per heavy atom. The van der Waals surface area contributed by atoms with Crippen LogP contribution in [0, 0.1) is 6.92 Å². The molecule has 3 nitrogen and oxygen atoms in total. The molecule has 1 N–H and O–H groups in total. The molecule has 0 saturated carbocycles. The average Bonchev–Trinajstić information content (AvgIpc) is 2.83. The van der Waals surface area contributed by atoms with E-state index in [1.54, 1.807) is 17.2 Å². The average molecular weight is 228 g/mol. The van der Waals surface area contributed by atoms with Crippen LogP contribution in [0.5, 0.6) is 0 Å². The molecule has 2 aromatic rings. The lowest BCUT2D eigenvalue weighted by atomic mass is 10.2. The van der Waals surface area contributed by atoms with Crippen molar-refractivity contribution < 1.29 is 4.79 Å². The topological polar surface area (TPSA) is 36.1 Å². The Balaban J connectivity index is 2.31. The van der Waals surface area contributed by atoms with E-state index in [-0.39, 0.29) is 5.91 Å². The van der Waals surface area contributed by atoms with Gasteiger partial charge in [-0.1, -0.05) is 12.1 Å². The summed E-state index contributed by atoms with van der Waals surface area (Å²) in [5.74, 6) is 0.00287. The van der Waals surface area contributed by atoms with Crippen molar-refractivity contribution in [2.45, 2.75) is 13.8 Å². The van der Waals surface area contributed by atoms with Crippen LogP contribution in [0.4, 0.5) is 5.69 Å². The normalized spacial score (nSPS) is 10.2. The van der Waals surface area contributed by atoms with Crippen LogP contribution in [0.2, 0.25) is 0 Å². The summed E-state index contributed by atoms with van der Waals surface area (Å²) in [5.41, 5.74) is 2.71. The van der Waals surface area contributed by atoms with Crippen molar-refractivity contribution >= 4 is 11.6 Å². The quantitative estimate of drug-likeness (QED) is 0.861. The molecule has 1 amide bonds. The zero-order chi connectivity index (χ0) is 12.3. The molecule has 0 atom stereocenters. The SMILES string of the molecule is CCN(C(=O)c1ccc[nH]1)c1cccc(C)c1. The predicted molar refractivity (Wildman–Crippen MR) is 69.3 cm³/mol. The first-order chi connectivity index (χ1) is 8.22. The van der Waals surface area contributed by atoms with Crippen LogP contribution in [-0.2, 0) is 0 Å². The van der Waals surface area contributed by atoms with Gasteiger partial charge in [-0.15, -0.1) is 0 Å². The number of H-pyrrole nitrogens is 1. The zero-order valence-corrected chi connectivity index (χ0v) is 10.1. The monoisotopic (exact) mass is 228 g/mol. The van der Waals surface area contributed by atoms with Crippen LogP contribution in [0.3, 0.4) is 0 Å². The summed E-state index contributed by atoms with van der Waals surface area (Å²) in [7, 11) is 0. The maximum absolute atomic E-state index is 12.2. The highest BCUT2D eigenvalue weighted by Gasteiger charge is 2.16. The molecule has 1 aromatic carbocycles. The van der Waals surface area contributed by atoms with Gasteiger partial charge in [-0.05, 0) is 43.7 Å². The number of rotatable bonds is 3. The van der Waals surface area contributed by atoms with Crippen molar-refractivity contribution in [3.05, 3.63) is 53.9 Å². The first-order valence-electron chi connectivity index (χ1n) is 5.74. The summed E-state index contributed by atoms with van der Waals surface area (Å²) >= 11 is 0. The van der Waals surface area contributed by atoms with Gasteiger partial charge in [0.2, 0.25) is 0 Å². The van der Waals surface area contributed by atoms with Crippen LogP contribution in [-0.4, -0.2) is 17.4 Å². The lowest BCUT2D eigenvalue weighted by molar-refractivity contribution is 0.0984. The Morgan fingerprint density at radius 2 is 2.12 bits per heavy atom. The highest BCUT2D eigenvalue weighted by Crippen LogP contribution is 2.17. The summed E-state index contributed by atoms with van der Waals surface area (Å²) in [4.78, 5) is 17.0. The largest absolute Gasteiger partial charge is 0.357 e. The van der Waals surface area contributed by atoms with Crippen molar-refractivity contribution in [2.24, 2.45) is 0 Å². The van der Waals surface area contributed by atoms with Gasteiger partial charge in [0.15, 0.2) is 0 Å². The predicted octanol–water partition coefficient (Wildman–Crippen LogP) is 2.99. The van der Waals surface area contributed by atoms with Crippen LogP contribution >= 0.6 is 0 Å². The smallest absolute Gasteiger partial charge is 0.274 e. The van der Waals surface area contributed by atoms with E-state index in [0.717, 1.165) is 11.3 Å². The number of aromatic nitrogens is 1. The minimum absolute atomic E-state index is 0.00287. The molecule has 0 saturated heterocycles. The highest BCUT2D eigenvalue weighted by molar-refractivity contribution is 6.04. The second-order valence-electron chi connectivity index (χ2n) is 3.97. The second-order valence-corrected chi connectivity index (χ2v) is 3.97. The molecular formula is C14H16N2O. The molecule has 17 heavy (non-hydrogen) atoms. The highest BCUT2D eigenvalue weighted by atomic mass is 16.2. The first-order valence-corrected chi connectivity index (χ1v) is 5.74. The number of carbonyl (C=O) groups excluding carboxylic acids is 1. The van der Waals surface area contributed by atoms with Crippen LogP contribution in [0.25, 0.3) is 0 Å². The number of amides is 1. The summed E-state index contributed by atoms with van der Waals surface area (Å²) < 4.78 is 0. The van der Waals surface area contributed by atoms with Crippen molar-refractivity contribution in [2.75, 3.05) is 11.4 Å². The molecule has 1 aromatic heterocycles. The minimum Gasteiger partial charge on any atom is -0.357 e.